The van der Waals surface area contributed by atoms with Crippen LogP contribution in [-0.4, -0.2) is 49.0 Å². The lowest BCUT2D eigenvalue weighted by Gasteiger charge is -2.56. The van der Waals surface area contributed by atoms with Gasteiger partial charge < -0.3 is 14.2 Å². The van der Waals surface area contributed by atoms with Crippen LogP contribution in [0.15, 0.2) is 54.6 Å². The van der Waals surface area contributed by atoms with E-state index in [1.54, 1.807) is 0 Å². The zero-order chi connectivity index (χ0) is 26.6. The molecule has 0 amide bonds. The van der Waals surface area contributed by atoms with Crippen LogP contribution in [0.25, 0.3) is 0 Å². The molecular formula is C30H37NO6. The first-order valence-electron chi connectivity index (χ1n) is 13.1. The lowest BCUT2D eigenvalue weighted by atomic mass is 9.57. The third kappa shape index (κ3) is 5.72. The van der Waals surface area contributed by atoms with Crippen LogP contribution in [0.1, 0.15) is 63.7 Å². The van der Waals surface area contributed by atoms with Gasteiger partial charge >= 0.3 is 17.9 Å². The van der Waals surface area contributed by atoms with Crippen LogP contribution in [-0.2, 0) is 29.3 Å². The molecule has 7 nitrogen and oxygen atoms in total. The molecule has 1 saturated heterocycles. The lowest BCUT2D eigenvalue weighted by Crippen LogP contribution is -2.59. The minimum Gasteiger partial charge on any atom is -0.469 e. The molecular weight excluding hydrogens is 470 g/mol. The maximum Gasteiger partial charge on any atom is 0.314 e. The Kier molecular flexibility index (Phi) is 8.32. The van der Waals surface area contributed by atoms with Crippen LogP contribution in [0.4, 0.5) is 0 Å². The molecule has 1 saturated carbocycles. The number of methoxy groups -OCH3 is 1. The Morgan fingerprint density at radius 3 is 2.46 bits per heavy atom. The Bertz CT molecular complexity index is 1120. The standard InChI is InChI=1S/C30H37NO6/c1-20-27-14-9-15-30(20,24-12-8-13-25(18-24)36-21(2)32)16-17-31(27)19-26(29(34)35-4)28(37-22(3)33)23-10-6-5-7-11-23/h5-8,10-13,18,20,26-28H,9,14-17,19H2,1-4H3. The average molecular weight is 508 g/mol. The average Bonchev–Trinajstić information content (AvgIpc) is 2.87. The van der Waals surface area contributed by atoms with E-state index < -0.39 is 18.0 Å². The van der Waals surface area contributed by atoms with Crippen molar-refractivity contribution in [1.29, 1.82) is 0 Å². The first kappa shape index (κ1) is 26.9. The molecule has 2 bridgehead atoms. The van der Waals surface area contributed by atoms with Crippen molar-refractivity contribution < 1.29 is 28.6 Å². The van der Waals surface area contributed by atoms with Crippen molar-refractivity contribution >= 4 is 17.9 Å². The summed E-state index contributed by atoms with van der Waals surface area (Å²) in [5, 5.41) is 0. The number of carbonyl (C=O) groups excluding carboxylic acids is 3. The van der Waals surface area contributed by atoms with Gasteiger partial charge in [0.15, 0.2) is 0 Å². The van der Waals surface area contributed by atoms with E-state index in [1.807, 2.05) is 48.5 Å². The Balaban J connectivity index is 1.61. The van der Waals surface area contributed by atoms with Gasteiger partial charge in [-0.2, -0.15) is 0 Å². The molecule has 1 aliphatic carbocycles. The lowest BCUT2D eigenvalue weighted by molar-refractivity contribution is -0.162. The molecule has 0 radical (unpaired) electrons. The molecule has 1 heterocycles. The van der Waals surface area contributed by atoms with Crippen LogP contribution >= 0.6 is 0 Å². The highest BCUT2D eigenvalue weighted by Crippen LogP contribution is 2.51. The Hall–Kier alpha value is -3.19. The highest BCUT2D eigenvalue weighted by Gasteiger charge is 2.50. The number of nitrogens with zero attached hydrogens (tertiary/aromatic N) is 1. The smallest absolute Gasteiger partial charge is 0.314 e. The molecule has 0 spiro atoms. The zero-order valence-corrected chi connectivity index (χ0v) is 22.1. The molecule has 5 atom stereocenters. The van der Waals surface area contributed by atoms with Crippen LogP contribution in [0.2, 0.25) is 0 Å². The molecule has 7 heteroatoms. The van der Waals surface area contributed by atoms with Crippen LogP contribution < -0.4 is 4.74 Å². The van der Waals surface area contributed by atoms with Gasteiger partial charge in [0, 0.05) is 31.8 Å². The second kappa shape index (κ2) is 11.5. The topological polar surface area (TPSA) is 82.1 Å². The SMILES string of the molecule is COC(=O)C(CN1CCC2(c3cccc(OC(C)=O)c3)CCCC1C2C)C(OC(C)=O)c1ccccc1. The van der Waals surface area contributed by atoms with Crippen LogP contribution in [0.5, 0.6) is 5.75 Å². The van der Waals surface area contributed by atoms with Gasteiger partial charge in [0.1, 0.15) is 17.8 Å². The van der Waals surface area contributed by atoms with E-state index in [9.17, 15) is 14.4 Å². The van der Waals surface area contributed by atoms with Crippen molar-refractivity contribution in [2.45, 2.75) is 64.0 Å². The van der Waals surface area contributed by atoms with Crippen molar-refractivity contribution in [2.24, 2.45) is 11.8 Å². The summed E-state index contributed by atoms with van der Waals surface area (Å²) in [5.41, 5.74) is 1.96. The molecule has 0 N–H and O–H groups in total. The second-order valence-electron chi connectivity index (χ2n) is 10.3. The van der Waals surface area contributed by atoms with Gasteiger partial charge in [0.05, 0.1) is 7.11 Å². The summed E-state index contributed by atoms with van der Waals surface area (Å²) in [6.45, 7) is 6.33. The molecule has 5 unspecified atom stereocenters. The zero-order valence-electron chi connectivity index (χ0n) is 22.1. The summed E-state index contributed by atoms with van der Waals surface area (Å²) in [4.78, 5) is 39.0. The Labute approximate surface area is 219 Å². The van der Waals surface area contributed by atoms with E-state index in [0.29, 0.717) is 18.2 Å². The predicted octanol–water partition coefficient (Wildman–Crippen LogP) is 4.84. The van der Waals surface area contributed by atoms with E-state index in [4.69, 9.17) is 14.2 Å². The third-order valence-electron chi connectivity index (χ3n) is 8.28. The van der Waals surface area contributed by atoms with E-state index in [1.165, 1.54) is 26.5 Å². The minimum atomic E-state index is -0.725. The van der Waals surface area contributed by atoms with Gasteiger partial charge in [-0.15, -0.1) is 0 Å². The molecule has 2 fully saturated rings. The maximum atomic E-state index is 13.1. The molecule has 2 aromatic carbocycles. The Morgan fingerprint density at radius 2 is 1.78 bits per heavy atom. The summed E-state index contributed by atoms with van der Waals surface area (Å²) in [5.74, 6) is -0.888. The normalized spacial score (nSPS) is 25.0. The molecule has 2 aliphatic rings. The van der Waals surface area contributed by atoms with E-state index in [0.717, 1.165) is 37.8 Å². The summed E-state index contributed by atoms with van der Waals surface area (Å²) in [7, 11) is 1.38. The number of likely N-dealkylation sites (tertiary alicyclic amines) is 1. The van der Waals surface area contributed by atoms with Gasteiger partial charge in [-0.05, 0) is 55.0 Å². The molecule has 198 valence electrons. The molecule has 2 aromatic rings. The number of hydrogen-bond donors (Lipinski definition) is 0. The van der Waals surface area contributed by atoms with Gasteiger partial charge in [0.25, 0.3) is 0 Å². The van der Waals surface area contributed by atoms with Crippen molar-refractivity contribution in [3.63, 3.8) is 0 Å². The monoisotopic (exact) mass is 507 g/mol. The number of piperidine rings is 1. The fraction of sp³-hybridized carbons (Fsp3) is 0.500. The fourth-order valence-corrected chi connectivity index (χ4v) is 6.55. The predicted molar refractivity (Wildman–Crippen MR) is 139 cm³/mol. The highest BCUT2D eigenvalue weighted by molar-refractivity contribution is 5.75. The number of esters is 3. The van der Waals surface area contributed by atoms with Crippen molar-refractivity contribution in [3.8, 4) is 5.75 Å². The maximum absolute atomic E-state index is 13.1. The summed E-state index contributed by atoms with van der Waals surface area (Å²) in [6, 6.07) is 17.6. The number of benzene rings is 2. The third-order valence-corrected chi connectivity index (χ3v) is 8.28. The van der Waals surface area contributed by atoms with Gasteiger partial charge in [-0.1, -0.05) is 55.8 Å². The number of fused-ring (bicyclic) bond motifs is 2. The quantitative estimate of drug-likeness (QED) is 0.374. The van der Waals surface area contributed by atoms with Crippen LogP contribution in [0, 0.1) is 11.8 Å². The van der Waals surface area contributed by atoms with Crippen LogP contribution in [0.3, 0.4) is 0 Å². The molecule has 1 aliphatic heterocycles. The van der Waals surface area contributed by atoms with Crippen molar-refractivity contribution in [3.05, 3.63) is 65.7 Å². The van der Waals surface area contributed by atoms with Gasteiger partial charge in [-0.3, -0.25) is 19.3 Å². The fourth-order valence-electron chi connectivity index (χ4n) is 6.55. The molecule has 0 aromatic heterocycles. The summed E-state index contributed by atoms with van der Waals surface area (Å²) >= 11 is 0. The van der Waals surface area contributed by atoms with E-state index >= 15 is 0 Å². The molecule has 4 rings (SSSR count). The number of carbonyl (C=O) groups is 3. The number of ether oxygens (including phenoxy) is 3. The first-order chi connectivity index (χ1) is 17.7. The number of rotatable bonds is 8. The van der Waals surface area contributed by atoms with Gasteiger partial charge in [0.2, 0.25) is 0 Å². The van der Waals surface area contributed by atoms with Crippen molar-refractivity contribution in [2.75, 3.05) is 20.2 Å². The Morgan fingerprint density at radius 1 is 1.03 bits per heavy atom. The highest BCUT2D eigenvalue weighted by atomic mass is 16.6. The second-order valence-corrected chi connectivity index (χ2v) is 10.3. The van der Waals surface area contributed by atoms with E-state index in [-0.39, 0.29) is 23.4 Å². The summed E-state index contributed by atoms with van der Waals surface area (Å²) in [6.07, 6.45) is 3.37. The minimum absolute atomic E-state index is 0.0228. The number of hydrogen-bond acceptors (Lipinski definition) is 7. The van der Waals surface area contributed by atoms with Gasteiger partial charge in [-0.25, -0.2) is 0 Å². The van der Waals surface area contributed by atoms with Crippen molar-refractivity contribution in [1.82, 2.24) is 4.90 Å². The first-order valence-corrected chi connectivity index (χ1v) is 13.1. The summed E-state index contributed by atoms with van der Waals surface area (Å²) < 4.78 is 16.3. The van der Waals surface area contributed by atoms with E-state index in [2.05, 4.69) is 17.9 Å². The molecule has 37 heavy (non-hydrogen) atoms. The largest absolute Gasteiger partial charge is 0.469 e.